The molecule has 5 heteroatoms. The number of hydrogen-bond acceptors (Lipinski definition) is 5. The first kappa shape index (κ1) is 20.0. The van der Waals surface area contributed by atoms with Crippen LogP contribution in [0.3, 0.4) is 0 Å². The number of rotatable bonds is 6. The van der Waals surface area contributed by atoms with Gasteiger partial charge in [0.05, 0.1) is 26.4 Å². The molecule has 1 aromatic carbocycles. The molecule has 0 spiro atoms. The van der Waals surface area contributed by atoms with E-state index in [1.54, 1.807) is 14.2 Å². The molecule has 0 aliphatic carbocycles. The summed E-state index contributed by atoms with van der Waals surface area (Å²) in [6.45, 7) is 12.0. The molecule has 1 aliphatic rings. The Balaban J connectivity index is 2.27. The summed E-state index contributed by atoms with van der Waals surface area (Å²) in [6, 6.07) is 0. The zero-order valence-corrected chi connectivity index (χ0v) is 16.8. The fourth-order valence-electron chi connectivity index (χ4n) is 3.57. The Kier molecular flexibility index (Phi) is 5.71. The van der Waals surface area contributed by atoms with Gasteiger partial charge in [-0.05, 0) is 71.1 Å². The number of aliphatic hydroxyl groups is 1. The molecule has 0 amide bonds. The second-order valence-corrected chi connectivity index (χ2v) is 7.59. The Morgan fingerprint density at radius 3 is 2.12 bits per heavy atom. The first-order valence-corrected chi connectivity index (χ1v) is 8.79. The van der Waals surface area contributed by atoms with Gasteiger partial charge in [-0.25, -0.2) is 0 Å². The zero-order valence-electron chi connectivity index (χ0n) is 16.8. The summed E-state index contributed by atoms with van der Waals surface area (Å²) in [5, 5.41) is 10.9. The number of benzene rings is 1. The normalized spacial score (nSPS) is 21.9. The fraction of sp³-hybridized carbons (Fsp3) is 0.700. The predicted molar refractivity (Wildman–Crippen MR) is 97.6 cm³/mol. The van der Waals surface area contributed by atoms with Gasteiger partial charge in [-0.15, -0.1) is 0 Å². The molecule has 1 N–H and O–H groups in total. The van der Waals surface area contributed by atoms with Crippen LogP contribution in [0.5, 0.6) is 11.5 Å². The van der Waals surface area contributed by atoms with E-state index >= 15 is 0 Å². The highest BCUT2D eigenvalue weighted by Crippen LogP contribution is 2.39. The van der Waals surface area contributed by atoms with E-state index < -0.39 is 11.4 Å². The van der Waals surface area contributed by atoms with Gasteiger partial charge < -0.3 is 24.1 Å². The lowest BCUT2D eigenvalue weighted by Gasteiger charge is -2.30. The Morgan fingerprint density at radius 2 is 1.64 bits per heavy atom. The van der Waals surface area contributed by atoms with Gasteiger partial charge in [0.1, 0.15) is 17.6 Å². The summed E-state index contributed by atoms with van der Waals surface area (Å²) < 4.78 is 22.7. The van der Waals surface area contributed by atoms with Crippen LogP contribution >= 0.6 is 0 Å². The standard InChI is InChI=1S/C20H32O5/c1-12-13(2)18(23-8)15(14(3)17(12)22-7)9-10-20(6,21)16-11-24-19(4,5)25-16/h16,21H,9-11H2,1-8H3/t16-,20+/m1/s1. The van der Waals surface area contributed by atoms with Gasteiger partial charge in [-0.2, -0.15) is 0 Å². The second kappa shape index (κ2) is 7.14. The minimum atomic E-state index is -0.989. The zero-order chi connectivity index (χ0) is 19.0. The third-order valence-electron chi connectivity index (χ3n) is 5.30. The van der Waals surface area contributed by atoms with E-state index in [-0.39, 0.29) is 6.10 Å². The van der Waals surface area contributed by atoms with Crippen molar-refractivity contribution in [1.29, 1.82) is 0 Å². The van der Waals surface area contributed by atoms with E-state index in [1.165, 1.54) is 0 Å². The molecule has 1 saturated heterocycles. The van der Waals surface area contributed by atoms with Crippen LogP contribution in [0.25, 0.3) is 0 Å². The molecule has 0 unspecified atom stereocenters. The fourth-order valence-corrected chi connectivity index (χ4v) is 3.57. The molecule has 1 heterocycles. The quantitative estimate of drug-likeness (QED) is 0.850. The lowest BCUT2D eigenvalue weighted by atomic mass is 9.88. The highest BCUT2D eigenvalue weighted by Gasteiger charge is 2.43. The molecular formula is C20H32O5. The lowest BCUT2D eigenvalue weighted by molar-refractivity contribution is -0.167. The maximum Gasteiger partial charge on any atom is 0.163 e. The average Bonchev–Trinajstić information content (AvgIpc) is 2.91. The first-order chi connectivity index (χ1) is 11.5. The highest BCUT2D eigenvalue weighted by atomic mass is 16.7. The molecule has 2 atom stereocenters. The minimum absolute atomic E-state index is 0.345. The van der Waals surface area contributed by atoms with Gasteiger partial charge in [0, 0.05) is 5.56 Å². The summed E-state index contributed by atoms with van der Waals surface area (Å²) >= 11 is 0. The first-order valence-electron chi connectivity index (χ1n) is 8.79. The molecule has 25 heavy (non-hydrogen) atoms. The molecule has 1 fully saturated rings. The van der Waals surface area contributed by atoms with Crippen LogP contribution in [-0.4, -0.2) is 43.4 Å². The monoisotopic (exact) mass is 352 g/mol. The van der Waals surface area contributed by atoms with E-state index in [4.69, 9.17) is 18.9 Å². The highest BCUT2D eigenvalue weighted by molar-refractivity contribution is 5.58. The summed E-state index contributed by atoms with van der Waals surface area (Å²) in [6.07, 6.45) is 0.863. The van der Waals surface area contributed by atoms with Crippen molar-refractivity contribution >= 4 is 0 Å². The largest absolute Gasteiger partial charge is 0.496 e. The van der Waals surface area contributed by atoms with Crippen LogP contribution < -0.4 is 9.47 Å². The number of hydrogen-bond donors (Lipinski definition) is 1. The van der Waals surface area contributed by atoms with Crippen LogP contribution in [0.2, 0.25) is 0 Å². The molecule has 2 rings (SSSR count). The van der Waals surface area contributed by atoms with E-state index in [0.29, 0.717) is 19.4 Å². The van der Waals surface area contributed by atoms with Crippen molar-refractivity contribution in [3.63, 3.8) is 0 Å². The van der Waals surface area contributed by atoms with E-state index in [0.717, 1.165) is 33.8 Å². The molecule has 1 aliphatic heterocycles. The minimum Gasteiger partial charge on any atom is -0.496 e. The predicted octanol–water partition coefficient (Wildman–Crippen LogP) is 3.46. The van der Waals surface area contributed by atoms with Crippen molar-refractivity contribution in [1.82, 2.24) is 0 Å². The molecule has 0 saturated carbocycles. The number of methoxy groups -OCH3 is 2. The van der Waals surface area contributed by atoms with Crippen LogP contribution in [-0.2, 0) is 15.9 Å². The maximum absolute atomic E-state index is 10.9. The van der Waals surface area contributed by atoms with E-state index in [1.807, 2.05) is 41.5 Å². The molecule has 142 valence electrons. The van der Waals surface area contributed by atoms with Gasteiger partial charge >= 0.3 is 0 Å². The third kappa shape index (κ3) is 3.94. The van der Waals surface area contributed by atoms with Crippen LogP contribution in [0.1, 0.15) is 49.4 Å². The van der Waals surface area contributed by atoms with E-state index in [9.17, 15) is 5.11 Å². The van der Waals surface area contributed by atoms with Crippen molar-refractivity contribution in [2.24, 2.45) is 0 Å². The van der Waals surface area contributed by atoms with Gasteiger partial charge in [0.15, 0.2) is 5.79 Å². The second-order valence-electron chi connectivity index (χ2n) is 7.59. The Hall–Kier alpha value is -1.30. The summed E-state index contributed by atoms with van der Waals surface area (Å²) in [5.41, 5.74) is 3.29. The lowest BCUT2D eigenvalue weighted by Crippen LogP contribution is -2.42. The summed E-state index contributed by atoms with van der Waals surface area (Å²) in [7, 11) is 3.37. The summed E-state index contributed by atoms with van der Waals surface area (Å²) in [4.78, 5) is 0. The molecule has 0 bridgehead atoms. The Labute approximate surface area is 151 Å². The van der Waals surface area contributed by atoms with Crippen molar-refractivity contribution in [3.8, 4) is 11.5 Å². The van der Waals surface area contributed by atoms with Crippen molar-refractivity contribution in [2.75, 3.05) is 20.8 Å². The van der Waals surface area contributed by atoms with Gasteiger partial charge in [0.2, 0.25) is 0 Å². The maximum atomic E-state index is 10.9. The molecule has 0 aromatic heterocycles. The number of ether oxygens (including phenoxy) is 4. The molecular weight excluding hydrogens is 320 g/mol. The van der Waals surface area contributed by atoms with Crippen molar-refractivity contribution in [3.05, 3.63) is 22.3 Å². The van der Waals surface area contributed by atoms with E-state index in [2.05, 4.69) is 0 Å². The van der Waals surface area contributed by atoms with Crippen LogP contribution in [0.15, 0.2) is 0 Å². The summed E-state index contributed by atoms with van der Waals surface area (Å²) in [5.74, 6) is 1.11. The van der Waals surface area contributed by atoms with Crippen LogP contribution in [0, 0.1) is 20.8 Å². The van der Waals surface area contributed by atoms with Crippen LogP contribution in [0.4, 0.5) is 0 Å². The molecule has 0 radical (unpaired) electrons. The van der Waals surface area contributed by atoms with Crippen molar-refractivity contribution < 1.29 is 24.1 Å². The van der Waals surface area contributed by atoms with Crippen molar-refractivity contribution in [2.45, 2.75) is 71.9 Å². The SMILES string of the molecule is COc1c(C)c(C)c(OC)c(CC[C@](C)(O)[C@H]2COC(C)(C)O2)c1C. The molecule has 1 aromatic rings. The molecule has 5 nitrogen and oxygen atoms in total. The van der Waals surface area contributed by atoms with Gasteiger partial charge in [-0.1, -0.05) is 0 Å². The van der Waals surface area contributed by atoms with Gasteiger partial charge in [0.25, 0.3) is 0 Å². The average molecular weight is 352 g/mol. The smallest absolute Gasteiger partial charge is 0.163 e. The Morgan fingerprint density at radius 1 is 1.08 bits per heavy atom. The Bertz CT molecular complexity index is 634. The topological polar surface area (TPSA) is 57.2 Å². The third-order valence-corrected chi connectivity index (χ3v) is 5.30. The van der Waals surface area contributed by atoms with Gasteiger partial charge in [-0.3, -0.25) is 0 Å².